The lowest BCUT2D eigenvalue weighted by Crippen LogP contribution is -2.38. The molecule has 0 fully saturated rings. The summed E-state index contributed by atoms with van der Waals surface area (Å²) in [5.41, 5.74) is 1.09. The number of hydrogen-bond acceptors (Lipinski definition) is 2. The van der Waals surface area contributed by atoms with Gasteiger partial charge in [-0.2, -0.15) is 0 Å². The van der Waals surface area contributed by atoms with Crippen LogP contribution in [0.15, 0.2) is 35.6 Å². The van der Waals surface area contributed by atoms with Gasteiger partial charge in [0.05, 0.1) is 10.0 Å². The minimum absolute atomic E-state index is 0.573. The van der Waals surface area contributed by atoms with E-state index in [0.717, 1.165) is 43.3 Å². The molecule has 0 aliphatic carbocycles. The monoisotopic (exact) mass is 381 g/mol. The van der Waals surface area contributed by atoms with Gasteiger partial charge in [0.1, 0.15) is 5.82 Å². The van der Waals surface area contributed by atoms with Crippen LogP contribution in [0.2, 0.25) is 10.0 Å². The van der Waals surface area contributed by atoms with E-state index in [9.17, 15) is 0 Å². The lowest BCUT2D eigenvalue weighted by Gasteiger charge is -2.22. The van der Waals surface area contributed by atoms with Gasteiger partial charge < -0.3 is 14.8 Å². The molecule has 25 heavy (non-hydrogen) atoms. The molecule has 5 nitrogen and oxygen atoms in total. The Morgan fingerprint density at radius 2 is 2.08 bits per heavy atom. The second kappa shape index (κ2) is 9.68. The molecule has 0 aliphatic heterocycles. The summed E-state index contributed by atoms with van der Waals surface area (Å²) < 4.78 is 2.17. The van der Waals surface area contributed by atoms with E-state index in [-0.39, 0.29) is 0 Å². The molecule has 1 aromatic carbocycles. The molecule has 2 aromatic rings. The number of hydrogen-bond donors (Lipinski definition) is 1. The summed E-state index contributed by atoms with van der Waals surface area (Å²) in [5, 5.41) is 4.55. The van der Waals surface area contributed by atoms with Crippen molar-refractivity contribution in [2.24, 2.45) is 4.99 Å². The first-order chi connectivity index (χ1) is 12.0. The Kier molecular flexibility index (Phi) is 7.59. The van der Waals surface area contributed by atoms with Crippen molar-refractivity contribution < 1.29 is 0 Å². The van der Waals surface area contributed by atoms with Crippen molar-refractivity contribution >= 4 is 29.2 Å². The van der Waals surface area contributed by atoms with Gasteiger partial charge in [0.15, 0.2) is 5.96 Å². The third-order valence-corrected chi connectivity index (χ3v) is 4.75. The smallest absolute Gasteiger partial charge is 0.193 e. The maximum absolute atomic E-state index is 6.08. The molecule has 0 amide bonds. The summed E-state index contributed by atoms with van der Waals surface area (Å²) in [4.78, 5) is 10.6. The fourth-order valence-corrected chi connectivity index (χ4v) is 2.94. The third kappa shape index (κ3) is 5.94. The minimum atomic E-state index is 0.573. The van der Waals surface area contributed by atoms with Crippen molar-refractivity contribution in [3.63, 3.8) is 0 Å². The highest BCUT2D eigenvalue weighted by Crippen LogP contribution is 2.23. The Labute approximate surface area is 159 Å². The van der Waals surface area contributed by atoms with Crippen LogP contribution in [0.1, 0.15) is 24.2 Å². The summed E-state index contributed by atoms with van der Waals surface area (Å²) in [7, 11) is 3.80. The van der Waals surface area contributed by atoms with E-state index < -0.39 is 0 Å². The summed E-state index contributed by atoms with van der Waals surface area (Å²) >= 11 is 12.0. The van der Waals surface area contributed by atoms with Crippen molar-refractivity contribution in [2.45, 2.75) is 32.9 Å². The topological polar surface area (TPSA) is 45.5 Å². The zero-order valence-corrected chi connectivity index (χ0v) is 16.5. The first-order valence-electron chi connectivity index (χ1n) is 8.34. The number of nitrogens with zero attached hydrogens (tertiary/aromatic N) is 4. The van der Waals surface area contributed by atoms with Crippen LogP contribution in [0.25, 0.3) is 0 Å². The number of aromatic nitrogens is 2. The van der Waals surface area contributed by atoms with Crippen molar-refractivity contribution in [1.29, 1.82) is 0 Å². The van der Waals surface area contributed by atoms with Gasteiger partial charge in [-0.15, -0.1) is 0 Å². The molecule has 1 aromatic heterocycles. The zero-order valence-electron chi connectivity index (χ0n) is 15.0. The summed E-state index contributed by atoms with van der Waals surface area (Å²) in [6, 6.07) is 5.69. The molecule has 1 N–H and O–H groups in total. The van der Waals surface area contributed by atoms with Crippen LogP contribution in [0.3, 0.4) is 0 Å². The highest BCUT2D eigenvalue weighted by atomic mass is 35.5. The number of nitrogens with one attached hydrogen (secondary N) is 1. The van der Waals surface area contributed by atoms with Crippen molar-refractivity contribution in [1.82, 2.24) is 19.8 Å². The van der Waals surface area contributed by atoms with Crippen LogP contribution in [0.4, 0.5) is 0 Å². The van der Waals surface area contributed by atoms with Crippen LogP contribution in [-0.2, 0) is 13.1 Å². The summed E-state index contributed by atoms with van der Waals surface area (Å²) in [6.45, 7) is 4.61. The average molecular weight is 382 g/mol. The molecule has 0 aliphatic rings. The molecule has 1 heterocycles. The van der Waals surface area contributed by atoms with Gasteiger partial charge in [0, 0.05) is 46.1 Å². The first kappa shape index (κ1) is 19.6. The predicted octanol–water partition coefficient (Wildman–Crippen LogP) is 3.99. The van der Waals surface area contributed by atoms with Gasteiger partial charge >= 0.3 is 0 Å². The average Bonchev–Trinajstić information content (AvgIpc) is 2.99. The number of imidazole rings is 1. The second-order valence-corrected chi connectivity index (χ2v) is 6.77. The van der Waals surface area contributed by atoms with Gasteiger partial charge in [-0.05, 0) is 37.5 Å². The zero-order chi connectivity index (χ0) is 18.2. The van der Waals surface area contributed by atoms with Crippen molar-refractivity contribution in [3.8, 4) is 0 Å². The molecular weight excluding hydrogens is 357 g/mol. The Morgan fingerprint density at radius 1 is 1.28 bits per heavy atom. The number of benzene rings is 1. The molecule has 0 unspecified atom stereocenters. The van der Waals surface area contributed by atoms with Crippen LogP contribution >= 0.6 is 23.2 Å². The van der Waals surface area contributed by atoms with Crippen LogP contribution in [0, 0.1) is 6.92 Å². The largest absolute Gasteiger partial charge is 0.356 e. The predicted molar refractivity (Wildman–Crippen MR) is 105 cm³/mol. The second-order valence-electron chi connectivity index (χ2n) is 5.95. The van der Waals surface area contributed by atoms with Crippen LogP contribution in [-0.4, -0.2) is 41.1 Å². The van der Waals surface area contributed by atoms with Crippen molar-refractivity contribution in [3.05, 3.63) is 52.0 Å². The Balaban J connectivity index is 1.75. The number of rotatable bonds is 7. The van der Waals surface area contributed by atoms with Gasteiger partial charge in [-0.1, -0.05) is 29.3 Å². The van der Waals surface area contributed by atoms with E-state index in [2.05, 4.69) is 24.8 Å². The van der Waals surface area contributed by atoms with Gasteiger partial charge in [-0.3, -0.25) is 4.99 Å². The standard InChI is InChI=1S/C18H25Cl2N5/c1-14-22-9-11-25(14)10-5-4-8-23-18(21-2)24(3)13-15-6-7-16(19)17(20)12-15/h6-7,9,11-12H,4-5,8,10,13H2,1-3H3,(H,21,23). The first-order valence-corrected chi connectivity index (χ1v) is 9.10. The fraction of sp³-hybridized carbons (Fsp3) is 0.444. The maximum Gasteiger partial charge on any atom is 0.193 e. The molecule has 0 saturated carbocycles. The Morgan fingerprint density at radius 3 is 2.72 bits per heavy atom. The SMILES string of the molecule is CN=C(NCCCCn1ccnc1C)N(C)Cc1ccc(Cl)c(Cl)c1. The molecule has 0 atom stereocenters. The lowest BCUT2D eigenvalue weighted by molar-refractivity contribution is 0.473. The fourth-order valence-electron chi connectivity index (χ4n) is 2.62. The van der Waals surface area contributed by atoms with Gasteiger partial charge in [-0.25, -0.2) is 4.98 Å². The molecular formula is C18H25Cl2N5. The van der Waals surface area contributed by atoms with Crippen molar-refractivity contribution in [2.75, 3.05) is 20.6 Å². The molecule has 0 radical (unpaired) electrons. The number of unbranched alkanes of at least 4 members (excludes halogenated alkanes) is 1. The van der Waals surface area contributed by atoms with E-state index in [1.54, 1.807) is 7.05 Å². The molecule has 2 rings (SSSR count). The van der Waals surface area contributed by atoms with Crippen LogP contribution in [0.5, 0.6) is 0 Å². The highest BCUT2D eigenvalue weighted by Gasteiger charge is 2.07. The highest BCUT2D eigenvalue weighted by molar-refractivity contribution is 6.42. The number of aryl methyl sites for hydroxylation is 2. The Bertz CT molecular complexity index is 711. The number of halogens is 2. The molecule has 0 spiro atoms. The minimum Gasteiger partial charge on any atom is -0.356 e. The van der Waals surface area contributed by atoms with E-state index in [0.29, 0.717) is 16.6 Å². The normalized spacial score (nSPS) is 11.6. The van der Waals surface area contributed by atoms with Gasteiger partial charge in [0.25, 0.3) is 0 Å². The molecule has 7 heteroatoms. The summed E-state index contributed by atoms with van der Waals surface area (Å²) in [5.74, 6) is 1.93. The quantitative estimate of drug-likeness (QED) is 0.448. The van der Waals surface area contributed by atoms with Gasteiger partial charge in [0.2, 0.25) is 0 Å². The molecule has 0 bridgehead atoms. The lowest BCUT2D eigenvalue weighted by atomic mass is 10.2. The van der Waals surface area contributed by atoms with E-state index in [1.165, 1.54) is 0 Å². The third-order valence-electron chi connectivity index (χ3n) is 4.01. The van der Waals surface area contributed by atoms with Crippen LogP contribution < -0.4 is 5.32 Å². The maximum atomic E-state index is 6.08. The number of aliphatic imine (C=N–C) groups is 1. The molecule has 0 saturated heterocycles. The number of guanidine groups is 1. The summed E-state index contributed by atoms with van der Waals surface area (Å²) in [6.07, 6.45) is 6.02. The van der Waals surface area contributed by atoms with E-state index >= 15 is 0 Å². The van der Waals surface area contributed by atoms with E-state index in [4.69, 9.17) is 23.2 Å². The van der Waals surface area contributed by atoms with E-state index in [1.807, 2.05) is 44.6 Å². The molecule has 136 valence electrons. The Hall–Kier alpha value is -1.72.